The second-order valence-electron chi connectivity index (χ2n) is 6.43. The molecule has 0 aliphatic heterocycles. The minimum atomic E-state index is -0.259. The molecule has 0 fully saturated rings. The molecule has 0 spiro atoms. The Hall–Kier alpha value is -0.863. The van der Waals surface area contributed by atoms with Gasteiger partial charge in [-0.15, -0.1) is 0 Å². The quantitative estimate of drug-likeness (QED) is 0.743. The number of hydrogen-bond acceptors (Lipinski definition) is 0. The number of rotatable bonds is 2. The number of benzene rings is 2. The normalized spacial score (nSPS) is 21.2. The molecule has 22 heavy (non-hydrogen) atoms. The minimum absolute atomic E-state index is 0. The Bertz CT molecular complexity index is 708. The van der Waals surface area contributed by atoms with Crippen LogP contribution in [0.4, 0.5) is 0 Å². The molecule has 2 aromatic rings. The van der Waals surface area contributed by atoms with E-state index >= 15 is 0 Å². The van der Waals surface area contributed by atoms with Gasteiger partial charge < -0.3 is 0 Å². The summed E-state index contributed by atoms with van der Waals surface area (Å²) in [4.78, 5) is 0. The molecule has 0 saturated heterocycles. The van der Waals surface area contributed by atoms with Crippen LogP contribution in [-0.2, 0) is 0 Å². The second kappa shape index (κ2) is 6.33. The topological polar surface area (TPSA) is 0 Å². The molecule has 0 nitrogen and oxygen atoms in total. The third kappa shape index (κ3) is 2.83. The van der Waals surface area contributed by atoms with Crippen LogP contribution in [0, 0.1) is 13.8 Å². The fraction of sp³-hybridized carbons (Fsp3) is 0.200. The first kappa shape index (κ1) is 16.0. The molecule has 2 aliphatic rings. The molecule has 106 valence electrons. The molecular formula is C20H21NaSi. The SMILES string of the molecule is Cc1ccc2c(c1)C([SiH2]C1C=Cc3ccc(C)cc31)C=C2.[NaH]. The van der Waals surface area contributed by atoms with E-state index in [4.69, 9.17) is 0 Å². The van der Waals surface area contributed by atoms with E-state index in [1.54, 1.807) is 11.1 Å². The fourth-order valence-electron chi connectivity index (χ4n) is 3.67. The van der Waals surface area contributed by atoms with Crippen molar-refractivity contribution in [1.29, 1.82) is 0 Å². The van der Waals surface area contributed by atoms with Crippen molar-refractivity contribution < 1.29 is 0 Å². The van der Waals surface area contributed by atoms with Gasteiger partial charge in [0.05, 0.1) is 0 Å². The molecule has 0 amide bonds. The summed E-state index contributed by atoms with van der Waals surface area (Å²) in [7, 11) is -0.259. The van der Waals surface area contributed by atoms with Crippen LogP contribution in [0.15, 0.2) is 48.6 Å². The van der Waals surface area contributed by atoms with E-state index in [-0.39, 0.29) is 39.1 Å². The van der Waals surface area contributed by atoms with E-state index in [0.29, 0.717) is 11.1 Å². The zero-order chi connectivity index (χ0) is 14.4. The number of hydrogen-bond donors (Lipinski definition) is 0. The van der Waals surface area contributed by atoms with E-state index < -0.39 is 0 Å². The van der Waals surface area contributed by atoms with E-state index in [2.05, 4.69) is 74.5 Å². The second-order valence-corrected chi connectivity index (χ2v) is 8.66. The standard InChI is InChI=1S/C20H20Si.Na.H/c1-13-3-5-15-7-9-19(17(15)11-13)21-20-10-8-16-6-4-14(2)12-18(16)20;;/h3-12,19-20H,21H2,1-2H3;;. The van der Waals surface area contributed by atoms with Crippen LogP contribution >= 0.6 is 0 Å². The van der Waals surface area contributed by atoms with Crippen molar-refractivity contribution >= 4 is 51.2 Å². The van der Waals surface area contributed by atoms with Gasteiger partial charge in [0, 0.05) is 9.52 Å². The van der Waals surface area contributed by atoms with Crippen LogP contribution in [0.1, 0.15) is 44.5 Å². The fourth-order valence-corrected chi connectivity index (χ4v) is 6.01. The molecule has 4 rings (SSSR count). The first-order valence-electron chi connectivity index (χ1n) is 7.78. The van der Waals surface area contributed by atoms with Gasteiger partial charge in [0.1, 0.15) is 0 Å². The first-order chi connectivity index (χ1) is 10.2. The molecule has 0 saturated carbocycles. The Morgan fingerprint density at radius 2 is 1.18 bits per heavy atom. The third-order valence-electron chi connectivity index (χ3n) is 4.81. The van der Waals surface area contributed by atoms with Crippen molar-refractivity contribution in [2.24, 2.45) is 0 Å². The van der Waals surface area contributed by atoms with Gasteiger partial charge in [-0.3, -0.25) is 0 Å². The zero-order valence-electron chi connectivity index (χ0n) is 12.6. The monoisotopic (exact) mass is 312 g/mol. The van der Waals surface area contributed by atoms with Gasteiger partial charge in [0.2, 0.25) is 0 Å². The summed E-state index contributed by atoms with van der Waals surface area (Å²) >= 11 is 0. The summed E-state index contributed by atoms with van der Waals surface area (Å²) < 4.78 is 0. The van der Waals surface area contributed by atoms with Gasteiger partial charge in [-0.2, -0.15) is 0 Å². The van der Waals surface area contributed by atoms with Crippen molar-refractivity contribution in [3.8, 4) is 0 Å². The Kier molecular flexibility index (Phi) is 4.61. The average Bonchev–Trinajstić information content (AvgIpc) is 3.04. The summed E-state index contributed by atoms with van der Waals surface area (Å²) in [5.74, 6) is 0. The van der Waals surface area contributed by atoms with Crippen molar-refractivity contribution in [2.75, 3.05) is 0 Å². The van der Waals surface area contributed by atoms with Gasteiger partial charge in [0.25, 0.3) is 0 Å². The molecule has 2 aliphatic carbocycles. The molecule has 2 heteroatoms. The van der Waals surface area contributed by atoms with E-state index in [1.165, 1.54) is 22.3 Å². The van der Waals surface area contributed by atoms with Crippen LogP contribution in [0.3, 0.4) is 0 Å². The Morgan fingerprint density at radius 1 is 0.727 bits per heavy atom. The van der Waals surface area contributed by atoms with E-state index in [9.17, 15) is 0 Å². The summed E-state index contributed by atoms with van der Waals surface area (Å²) in [6.07, 6.45) is 9.53. The molecule has 2 aromatic carbocycles. The van der Waals surface area contributed by atoms with Crippen LogP contribution in [0.5, 0.6) is 0 Å². The average molecular weight is 312 g/mol. The maximum absolute atomic E-state index is 2.44. The molecule has 2 unspecified atom stereocenters. The van der Waals surface area contributed by atoms with Crippen molar-refractivity contribution in [2.45, 2.75) is 24.9 Å². The van der Waals surface area contributed by atoms with E-state index in [0.717, 1.165) is 0 Å². The molecule has 0 aromatic heterocycles. The first-order valence-corrected chi connectivity index (χ1v) is 9.41. The zero-order valence-corrected chi connectivity index (χ0v) is 14.0. The Morgan fingerprint density at radius 3 is 1.64 bits per heavy atom. The third-order valence-corrected chi connectivity index (χ3v) is 7.25. The van der Waals surface area contributed by atoms with E-state index in [1.807, 2.05) is 0 Å². The number of aryl methyl sites for hydroxylation is 2. The number of fused-ring (bicyclic) bond motifs is 2. The van der Waals surface area contributed by atoms with Gasteiger partial charge >= 0.3 is 29.6 Å². The summed E-state index contributed by atoms with van der Waals surface area (Å²) in [6.45, 7) is 4.40. The van der Waals surface area contributed by atoms with Gasteiger partial charge in [-0.1, -0.05) is 71.8 Å². The summed E-state index contributed by atoms with van der Waals surface area (Å²) in [5.41, 5.74) is 10.2. The predicted octanol–water partition coefficient (Wildman–Crippen LogP) is 3.66. The predicted molar refractivity (Wildman–Crippen MR) is 102 cm³/mol. The van der Waals surface area contributed by atoms with Gasteiger partial charge in [-0.05, 0) is 47.2 Å². The van der Waals surface area contributed by atoms with Crippen molar-refractivity contribution in [3.63, 3.8) is 0 Å². The van der Waals surface area contributed by atoms with Crippen molar-refractivity contribution in [3.05, 3.63) is 81.9 Å². The van der Waals surface area contributed by atoms with Crippen LogP contribution in [-0.4, -0.2) is 39.1 Å². The Balaban J connectivity index is 0.00000144. The molecule has 0 heterocycles. The summed E-state index contributed by atoms with van der Waals surface area (Å²) in [6, 6.07) is 13.8. The number of allylic oxidation sites excluding steroid dienone is 2. The Labute approximate surface area is 157 Å². The molecular weight excluding hydrogens is 291 g/mol. The van der Waals surface area contributed by atoms with Crippen LogP contribution in [0.2, 0.25) is 0 Å². The molecule has 0 N–H and O–H groups in total. The van der Waals surface area contributed by atoms with Crippen molar-refractivity contribution in [1.82, 2.24) is 0 Å². The molecule has 0 bridgehead atoms. The van der Waals surface area contributed by atoms with Gasteiger partial charge in [0.15, 0.2) is 0 Å². The summed E-state index contributed by atoms with van der Waals surface area (Å²) in [5, 5.41) is 0. The van der Waals surface area contributed by atoms with Crippen LogP contribution in [0.25, 0.3) is 12.2 Å². The maximum atomic E-state index is 2.44. The van der Waals surface area contributed by atoms with Crippen LogP contribution < -0.4 is 0 Å². The molecule has 2 atom stereocenters. The van der Waals surface area contributed by atoms with Gasteiger partial charge in [-0.25, -0.2) is 0 Å². The molecule has 0 radical (unpaired) electrons.